The van der Waals surface area contributed by atoms with Gasteiger partial charge in [0.05, 0.1) is 36.1 Å². The van der Waals surface area contributed by atoms with Gasteiger partial charge < -0.3 is 10.5 Å². The topological polar surface area (TPSA) is 120 Å². The van der Waals surface area contributed by atoms with Crippen molar-refractivity contribution in [2.45, 2.75) is 23.5 Å². The molecule has 2 N–H and O–H groups in total. The molecule has 3 rings (SSSR count). The van der Waals surface area contributed by atoms with Crippen molar-refractivity contribution in [3.05, 3.63) is 48.3 Å². The summed E-state index contributed by atoms with van der Waals surface area (Å²) >= 11 is 5.88. The first kappa shape index (κ1) is 20.8. The Morgan fingerprint density at radius 1 is 1.38 bits per heavy atom. The van der Waals surface area contributed by atoms with Crippen molar-refractivity contribution in [1.29, 1.82) is 0 Å². The number of rotatable bonds is 7. The number of aromatic nitrogens is 3. The normalized spacial score (nSPS) is 13.8. The zero-order valence-electron chi connectivity index (χ0n) is 15.4. The minimum absolute atomic E-state index is 0.150. The summed E-state index contributed by atoms with van der Waals surface area (Å²) in [6.45, 7) is 1.30. The molecule has 2 unspecified atom stereocenters. The summed E-state index contributed by atoms with van der Waals surface area (Å²) in [5, 5.41) is 2.85. The predicted octanol–water partition coefficient (Wildman–Crippen LogP) is 1.96. The molecular formula is C17H17ClFN5O4S. The Hall–Kier alpha value is -2.92. The van der Waals surface area contributed by atoms with E-state index >= 15 is 4.39 Å². The first-order valence-electron chi connectivity index (χ1n) is 8.27. The Labute approximate surface area is 170 Å². The van der Waals surface area contributed by atoms with Crippen molar-refractivity contribution >= 4 is 38.9 Å². The van der Waals surface area contributed by atoms with Gasteiger partial charge in [0.15, 0.2) is 5.65 Å². The molecule has 0 aliphatic rings. The average Bonchev–Trinajstić information content (AvgIpc) is 3.10. The van der Waals surface area contributed by atoms with Crippen molar-refractivity contribution < 1.29 is 22.3 Å². The van der Waals surface area contributed by atoms with Crippen molar-refractivity contribution in [2.24, 2.45) is 5.73 Å². The molecule has 0 aliphatic heterocycles. The molecular weight excluding hydrogens is 425 g/mol. The van der Waals surface area contributed by atoms with Crippen molar-refractivity contribution in [3.63, 3.8) is 0 Å². The third-order valence-corrected chi connectivity index (χ3v) is 6.08. The van der Waals surface area contributed by atoms with Gasteiger partial charge in [0.1, 0.15) is 4.90 Å². The molecule has 154 valence electrons. The second-order valence-corrected chi connectivity index (χ2v) is 8.48. The minimum atomic E-state index is -4.58. The van der Waals surface area contributed by atoms with E-state index in [1.54, 1.807) is 0 Å². The van der Waals surface area contributed by atoms with Crippen LogP contribution in [0, 0.1) is 0 Å². The number of alkyl halides is 2. The van der Waals surface area contributed by atoms with Gasteiger partial charge >= 0.3 is 0 Å². The molecule has 0 radical (unpaired) electrons. The molecule has 29 heavy (non-hydrogen) atoms. The lowest BCUT2D eigenvalue weighted by Crippen LogP contribution is -2.43. The van der Waals surface area contributed by atoms with E-state index < -0.39 is 32.5 Å². The molecule has 2 atom stereocenters. The number of fused-ring (bicyclic) bond motifs is 1. The number of benzene rings is 1. The number of methoxy groups -OCH3 is 1. The molecule has 1 aromatic carbocycles. The number of halogens is 2. The van der Waals surface area contributed by atoms with E-state index in [1.807, 2.05) is 0 Å². The molecule has 0 fully saturated rings. The van der Waals surface area contributed by atoms with E-state index in [0.29, 0.717) is 9.95 Å². The van der Waals surface area contributed by atoms with Crippen LogP contribution < -0.4 is 14.8 Å². The second kappa shape index (κ2) is 7.84. The van der Waals surface area contributed by atoms with E-state index in [-0.39, 0.29) is 17.1 Å². The Kier molecular flexibility index (Phi) is 5.62. The number of ether oxygens (including phenoxy) is 1. The number of anilines is 1. The highest BCUT2D eigenvalue weighted by Crippen LogP contribution is 2.30. The number of hydrogen-bond donors (Lipinski definition) is 1. The highest BCUT2D eigenvalue weighted by Gasteiger charge is 2.37. The van der Waals surface area contributed by atoms with E-state index in [4.69, 9.17) is 22.1 Å². The summed E-state index contributed by atoms with van der Waals surface area (Å²) in [5.74, 6) is -0.727. The van der Waals surface area contributed by atoms with Gasteiger partial charge in [0, 0.05) is 6.07 Å². The van der Waals surface area contributed by atoms with Crippen LogP contribution in [0.4, 0.5) is 10.1 Å². The first-order chi connectivity index (χ1) is 13.7. The van der Waals surface area contributed by atoms with Crippen LogP contribution in [0.25, 0.3) is 5.65 Å². The lowest BCUT2D eigenvalue weighted by molar-refractivity contribution is 0.0997. The van der Waals surface area contributed by atoms with Gasteiger partial charge in [-0.3, -0.25) is 4.79 Å². The smallest absolute Gasteiger partial charge is 0.267 e. The summed E-state index contributed by atoms with van der Waals surface area (Å²) in [6.07, 6.45) is 0.257. The molecule has 3 aromatic rings. The van der Waals surface area contributed by atoms with E-state index in [2.05, 4.69) is 10.1 Å². The van der Waals surface area contributed by atoms with E-state index in [1.165, 1.54) is 49.0 Å². The fraction of sp³-hybridized carbons (Fsp3) is 0.235. The van der Waals surface area contributed by atoms with Gasteiger partial charge in [-0.1, -0.05) is 12.1 Å². The van der Waals surface area contributed by atoms with Crippen LogP contribution in [0.5, 0.6) is 5.88 Å². The number of amides is 1. The predicted molar refractivity (Wildman–Crippen MR) is 104 cm³/mol. The molecule has 2 aromatic heterocycles. The quantitative estimate of drug-likeness (QED) is 0.442. The number of carbonyl (C=O) groups is 1. The van der Waals surface area contributed by atoms with E-state index in [0.717, 1.165) is 12.3 Å². The number of nitrogens with zero attached hydrogens (tertiary/aromatic N) is 4. The van der Waals surface area contributed by atoms with Gasteiger partial charge in [-0.15, -0.1) is 16.7 Å². The van der Waals surface area contributed by atoms with Gasteiger partial charge in [0.25, 0.3) is 10.0 Å². The molecule has 0 spiro atoms. The molecule has 9 nitrogen and oxygen atoms in total. The maximum Gasteiger partial charge on any atom is 0.267 e. The molecule has 0 aliphatic carbocycles. The van der Waals surface area contributed by atoms with Crippen LogP contribution in [0.1, 0.15) is 17.3 Å². The Morgan fingerprint density at radius 3 is 2.69 bits per heavy atom. The van der Waals surface area contributed by atoms with Gasteiger partial charge in [-0.25, -0.2) is 26.6 Å². The SMILES string of the molecule is COc1cc2ncc(N(C(F)C(C)Cl)S(=O)(=O)c3ccccc3C(N)=O)cn2n1. The maximum absolute atomic E-state index is 15.1. The number of sulfonamides is 1. The summed E-state index contributed by atoms with van der Waals surface area (Å²) in [5.41, 5.74) is 5.23. The minimum Gasteiger partial charge on any atom is -0.480 e. The fourth-order valence-corrected chi connectivity index (χ4v) is 4.57. The van der Waals surface area contributed by atoms with Crippen LogP contribution in [0.15, 0.2) is 47.6 Å². The van der Waals surface area contributed by atoms with E-state index in [9.17, 15) is 13.2 Å². The summed E-state index contributed by atoms with van der Waals surface area (Å²) < 4.78 is 48.5. The average molecular weight is 442 g/mol. The Morgan fingerprint density at radius 2 is 2.07 bits per heavy atom. The Balaban J connectivity index is 2.22. The largest absolute Gasteiger partial charge is 0.480 e. The highest BCUT2D eigenvalue weighted by molar-refractivity contribution is 7.93. The molecule has 12 heteroatoms. The molecule has 0 saturated heterocycles. The fourth-order valence-electron chi connectivity index (χ4n) is 2.66. The number of primary amides is 1. The number of hydrogen-bond acceptors (Lipinski definition) is 6. The molecule has 2 heterocycles. The van der Waals surface area contributed by atoms with Crippen molar-refractivity contribution in [3.8, 4) is 5.88 Å². The van der Waals surface area contributed by atoms with Crippen LogP contribution in [0.2, 0.25) is 0 Å². The third kappa shape index (κ3) is 3.83. The summed E-state index contributed by atoms with van der Waals surface area (Å²) in [7, 11) is -3.17. The third-order valence-electron chi connectivity index (χ3n) is 4.03. The summed E-state index contributed by atoms with van der Waals surface area (Å²) in [6, 6.07) is 6.77. The zero-order chi connectivity index (χ0) is 21.3. The van der Waals surface area contributed by atoms with Crippen LogP contribution in [-0.2, 0) is 10.0 Å². The van der Waals surface area contributed by atoms with Crippen molar-refractivity contribution in [1.82, 2.24) is 14.6 Å². The molecule has 0 saturated carbocycles. The maximum atomic E-state index is 15.1. The lowest BCUT2D eigenvalue weighted by Gasteiger charge is -2.29. The first-order valence-corrected chi connectivity index (χ1v) is 10.1. The number of carbonyl (C=O) groups excluding carboxylic acids is 1. The lowest BCUT2D eigenvalue weighted by atomic mass is 10.2. The van der Waals surface area contributed by atoms with Crippen molar-refractivity contribution in [2.75, 3.05) is 11.4 Å². The van der Waals surface area contributed by atoms with Crippen LogP contribution >= 0.6 is 11.6 Å². The Bertz CT molecular complexity index is 1170. The molecule has 1 amide bonds. The van der Waals surface area contributed by atoms with Crippen LogP contribution in [0.3, 0.4) is 0 Å². The van der Waals surface area contributed by atoms with Gasteiger partial charge in [-0.05, 0) is 19.1 Å². The molecule has 0 bridgehead atoms. The highest BCUT2D eigenvalue weighted by atomic mass is 35.5. The summed E-state index contributed by atoms with van der Waals surface area (Å²) in [4.78, 5) is 15.4. The standard InChI is InChI=1S/C17H17ClFN5O4S/c1-10(18)16(19)24(11-8-21-14-7-15(28-2)22-23(14)9-11)29(26,27)13-6-4-3-5-12(13)17(20)25/h3-10,16H,1-2H3,(H2,20,25). The van der Waals surface area contributed by atoms with Crippen LogP contribution in [-0.4, -0.2) is 47.7 Å². The monoisotopic (exact) mass is 441 g/mol. The van der Waals surface area contributed by atoms with Gasteiger partial charge in [-0.2, -0.15) is 0 Å². The number of nitrogens with two attached hydrogens (primary N) is 1. The van der Waals surface area contributed by atoms with Gasteiger partial charge in [0.2, 0.25) is 18.1 Å². The second-order valence-electron chi connectivity index (χ2n) is 6.01. The zero-order valence-corrected chi connectivity index (χ0v) is 16.9.